The molecule has 0 amide bonds. The van der Waals surface area contributed by atoms with Gasteiger partial charge in [-0.25, -0.2) is 4.79 Å². The van der Waals surface area contributed by atoms with Crippen molar-refractivity contribution in [3.63, 3.8) is 0 Å². The topological polar surface area (TPSA) is 71.1 Å². The summed E-state index contributed by atoms with van der Waals surface area (Å²) in [6.45, 7) is 2.01. The summed E-state index contributed by atoms with van der Waals surface area (Å²) in [6, 6.07) is 12.1. The largest absolute Gasteiger partial charge is 0.496 e. The maximum Gasteiger partial charge on any atom is 0.331 e. The zero-order valence-electron chi connectivity index (χ0n) is 15.6. The number of methoxy groups -OCH3 is 2. The zero-order chi connectivity index (χ0) is 19.6. The molecule has 2 aromatic carbocycles. The number of hydrogen-bond donors (Lipinski definition) is 0. The monoisotopic (exact) mass is 370 g/mol. The Morgan fingerprint density at radius 3 is 2.41 bits per heavy atom. The maximum atomic E-state index is 12.2. The van der Waals surface area contributed by atoms with Crippen LogP contribution in [0.5, 0.6) is 17.2 Å². The minimum absolute atomic E-state index is 0.336. The van der Waals surface area contributed by atoms with Gasteiger partial charge in [0.15, 0.2) is 18.1 Å². The van der Waals surface area contributed by atoms with Crippen molar-refractivity contribution in [2.45, 2.75) is 6.92 Å². The standard InChI is InChI=1S/C21H22O6/c1-4-26-20-13-15(9-11-19(20)25-3)10-12-21(23)27-14-17(22)16-7-5-6-8-18(16)24-2/h5-13H,4,14H2,1-3H3/b12-10+. The smallest absolute Gasteiger partial charge is 0.331 e. The number of carbonyl (C=O) groups excluding carboxylic acids is 2. The van der Waals surface area contributed by atoms with Crippen molar-refractivity contribution in [3.05, 3.63) is 59.7 Å². The van der Waals surface area contributed by atoms with Gasteiger partial charge in [-0.1, -0.05) is 18.2 Å². The molecule has 0 bridgehead atoms. The number of hydrogen-bond acceptors (Lipinski definition) is 6. The Morgan fingerprint density at radius 2 is 1.70 bits per heavy atom. The number of para-hydroxylation sites is 1. The van der Waals surface area contributed by atoms with Crippen molar-refractivity contribution in [2.75, 3.05) is 27.4 Å². The van der Waals surface area contributed by atoms with Crippen molar-refractivity contribution in [1.29, 1.82) is 0 Å². The number of benzene rings is 2. The van der Waals surface area contributed by atoms with Crippen molar-refractivity contribution in [1.82, 2.24) is 0 Å². The second kappa shape index (κ2) is 10.0. The van der Waals surface area contributed by atoms with Gasteiger partial charge in [0.05, 0.1) is 26.4 Å². The van der Waals surface area contributed by atoms with E-state index in [1.165, 1.54) is 13.2 Å². The predicted octanol–water partition coefficient (Wildman–Crippen LogP) is 3.54. The van der Waals surface area contributed by atoms with Crippen LogP contribution in [-0.2, 0) is 9.53 Å². The Hall–Kier alpha value is -3.28. The van der Waals surface area contributed by atoms with Gasteiger partial charge < -0.3 is 18.9 Å². The highest BCUT2D eigenvalue weighted by Gasteiger charge is 2.13. The van der Waals surface area contributed by atoms with Crippen LogP contribution in [0.25, 0.3) is 6.08 Å². The molecule has 0 aliphatic heterocycles. The van der Waals surface area contributed by atoms with Crippen molar-refractivity contribution in [2.24, 2.45) is 0 Å². The van der Waals surface area contributed by atoms with Gasteiger partial charge in [-0.3, -0.25) is 4.79 Å². The van der Waals surface area contributed by atoms with Crippen molar-refractivity contribution >= 4 is 17.8 Å². The summed E-state index contributed by atoms with van der Waals surface area (Å²) in [4.78, 5) is 24.1. The van der Waals surface area contributed by atoms with Gasteiger partial charge in [0, 0.05) is 6.08 Å². The van der Waals surface area contributed by atoms with Gasteiger partial charge in [0.25, 0.3) is 0 Å². The van der Waals surface area contributed by atoms with Gasteiger partial charge in [0.2, 0.25) is 5.78 Å². The van der Waals surface area contributed by atoms with Crippen LogP contribution in [0.1, 0.15) is 22.8 Å². The van der Waals surface area contributed by atoms with Crippen LogP contribution in [0.15, 0.2) is 48.5 Å². The summed E-state index contributed by atoms with van der Waals surface area (Å²) in [7, 11) is 3.04. The molecule has 0 aliphatic carbocycles. The molecule has 0 fully saturated rings. The summed E-state index contributed by atoms with van der Waals surface area (Å²) in [5.74, 6) is 0.681. The van der Waals surface area contributed by atoms with Crippen LogP contribution >= 0.6 is 0 Å². The van der Waals surface area contributed by atoms with E-state index in [1.807, 2.05) is 6.92 Å². The van der Waals surface area contributed by atoms with E-state index in [2.05, 4.69) is 0 Å². The summed E-state index contributed by atoms with van der Waals surface area (Å²) < 4.78 is 20.9. The normalized spacial score (nSPS) is 10.5. The first-order valence-electron chi connectivity index (χ1n) is 8.41. The molecule has 0 aromatic heterocycles. The Labute approximate surface area is 158 Å². The highest BCUT2D eigenvalue weighted by atomic mass is 16.5. The summed E-state index contributed by atoms with van der Waals surface area (Å²) in [5, 5.41) is 0. The molecule has 0 saturated carbocycles. The third-order valence-corrected chi connectivity index (χ3v) is 3.65. The summed E-state index contributed by atoms with van der Waals surface area (Å²) in [5.41, 5.74) is 1.11. The minimum atomic E-state index is -0.618. The van der Waals surface area contributed by atoms with Crippen molar-refractivity contribution < 1.29 is 28.5 Å². The zero-order valence-corrected chi connectivity index (χ0v) is 15.6. The molecule has 6 heteroatoms. The first-order valence-corrected chi connectivity index (χ1v) is 8.41. The lowest BCUT2D eigenvalue weighted by molar-refractivity contribution is -0.136. The lowest BCUT2D eigenvalue weighted by Gasteiger charge is -2.09. The van der Waals surface area contributed by atoms with Crippen LogP contribution in [0.2, 0.25) is 0 Å². The molecular weight excluding hydrogens is 348 g/mol. The van der Waals surface area contributed by atoms with E-state index in [0.29, 0.717) is 29.4 Å². The van der Waals surface area contributed by atoms with Crippen LogP contribution in [0, 0.1) is 0 Å². The minimum Gasteiger partial charge on any atom is -0.496 e. The quantitative estimate of drug-likeness (QED) is 0.382. The maximum absolute atomic E-state index is 12.2. The fourth-order valence-electron chi connectivity index (χ4n) is 2.37. The van der Waals surface area contributed by atoms with Crippen LogP contribution in [0.4, 0.5) is 0 Å². The number of esters is 1. The molecule has 0 atom stereocenters. The number of carbonyl (C=O) groups is 2. The fourth-order valence-corrected chi connectivity index (χ4v) is 2.37. The van der Waals surface area contributed by atoms with Crippen LogP contribution < -0.4 is 14.2 Å². The molecule has 0 radical (unpaired) electrons. The molecule has 0 unspecified atom stereocenters. The molecule has 142 valence electrons. The van der Waals surface area contributed by atoms with Gasteiger partial charge in [-0.2, -0.15) is 0 Å². The lowest BCUT2D eigenvalue weighted by atomic mass is 10.1. The second-order valence-electron chi connectivity index (χ2n) is 5.41. The van der Waals surface area contributed by atoms with Gasteiger partial charge in [-0.05, 0) is 42.8 Å². The average Bonchev–Trinajstić information content (AvgIpc) is 2.70. The molecular formula is C21H22O6. The molecule has 0 aliphatic rings. The number of ether oxygens (including phenoxy) is 4. The average molecular weight is 370 g/mol. The Kier molecular flexibility index (Phi) is 7.43. The van der Waals surface area contributed by atoms with E-state index in [0.717, 1.165) is 5.56 Å². The molecule has 0 saturated heterocycles. The fraction of sp³-hybridized carbons (Fsp3) is 0.238. The molecule has 0 N–H and O–H groups in total. The summed E-state index contributed by atoms with van der Waals surface area (Å²) >= 11 is 0. The Bertz CT molecular complexity index is 825. The van der Waals surface area contributed by atoms with E-state index in [4.69, 9.17) is 18.9 Å². The number of ketones is 1. The molecule has 0 spiro atoms. The Morgan fingerprint density at radius 1 is 0.963 bits per heavy atom. The highest BCUT2D eigenvalue weighted by molar-refractivity contribution is 6.01. The van der Waals surface area contributed by atoms with E-state index < -0.39 is 5.97 Å². The number of rotatable bonds is 9. The predicted molar refractivity (Wildman–Crippen MR) is 101 cm³/mol. The molecule has 2 rings (SSSR count). The molecule has 0 heterocycles. The van der Waals surface area contributed by atoms with E-state index in [-0.39, 0.29) is 12.4 Å². The van der Waals surface area contributed by atoms with Gasteiger partial charge in [-0.15, -0.1) is 0 Å². The third kappa shape index (κ3) is 5.60. The number of Topliss-reactive ketones (excluding diaryl/α,β-unsaturated/α-hetero) is 1. The van der Waals surface area contributed by atoms with E-state index in [1.54, 1.807) is 55.7 Å². The molecule has 2 aromatic rings. The van der Waals surface area contributed by atoms with Crippen LogP contribution in [-0.4, -0.2) is 39.2 Å². The highest BCUT2D eigenvalue weighted by Crippen LogP contribution is 2.28. The van der Waals surface area contributed by atoms with Crippen molar-refractivity contribution in [3.8, 4) is 17.2 Å². The van der Waals surface area contributed by atoms with E-state index in [9.17, 15) is 9.59 Å². The second-order valence-corrected chi connectivity index (χ2v) is 5.41. The Balaban J connectivity index is 1.97. The third-order valence-electron chi connectivity index (χ3n) is 3.65. The van der Waals surface area contributed by atoms with E-state index >= 15 is 0 Å². The van der Waals surface area contributed by atoms with Gasteiger partial charge >= 0.3 is 5.97 Å². The SMILES string of the molecule is CCOc1cc(/C=C/C(=O)OCC(=O)c2ccccc2OC)ccc1OC. The first-order chi connectivity index (χ1) is 13.1. The first kappa shape index (κ1) is 20.0. The van der Waals surface area contributed by atoms with Crippen LogP contribution in [0.3, 0.4) is 0 Å². The summed E-state index contributed by atoms with van der Waals surface area (Å²) in [6.07, 6.45) is 2.84. The van der Waals surface area contributed by atoms with Gasteiger partial charge in [0.1, 0.15) is 5.75 Å². The lowest BCUT2D eigenvalue weighted by Crippen LogP contribution is -2.13. The molecule has 27 heavy (non-hydrogen) atoms. The molecule has 6 nitrogen and oxygen atoms in total.